The molecule has 5 aromatic rings. The molecule has 2 amide bonds. The average Bonchev–Trinajstić information content (AvgIpc) is 3.78. The van der Waals surface area contributed by atoms with Crippen molar-refractivity contribution in [3.63, 3.8) is 0 Å². The van der Waals surface area contributed by atoms with E-state index in [1.807, 2.05) is 17.9 Å². The highest BCUT2D eigenvalue weighted by atomic mass is 35.5. The number of aromatic nitrogens is 6. The Morgan fingerprint density at radius 3 is 2.55 bits per heavy atom. The molecule has 1 saturated heterocycles. The highest BCUT2D eigenvalue weighted by Gasteiger charge is 2.32. The van der Waals surface area contributed by atoms with Gasteiger partial charge in [-0.2, -0.15) is 27.8 Å². The van der Waals surface area contributed by atoms with Crippen LogP contribution in [0.25, 0.3) is 16.9 Å². The molecule has 266 valence electrons. The van der Waals surface area contributed by atoms with Crippen molar-refractivity contribution >= 4 is 51.7 Å². The summed E-state index contributed by atoms with van der Waals surface area (Å²) in [6, 6.07) is 7.44. The minimum absolute atomic E-state index is 0.0165. The summed E-state index contributed by atoms with van der Waals surface area (Å²) in [6.07, 6.45) is -0.444. The van der Waals surface area contributed by atoms with Crippen molar-refractivity contribution in [3.05, 3.63) is 86.8 Å². The number of amides is 2. The number of nitrogens with one attached hydrogen (secondary N) is 1. The molecule has 1 aromatic carbocycles. The first-order valence-corrected chi connectivity index (χ1v) is 16.5. The summed E-state index contributed by atoms with van der Waals surface area (Å²) in [4.78, 5) is 49.4. The number of fused-ring (bicyclic) bond motifs is 2. The normalized spacial score (nSPS) is 15.4. The van der Waals surface area contributed by atoms with E-state index in [4.69, 9.17) is 16.3 Å². The Morgan fingerprint density at radius 1 is 1.08 bits per heavy atom. The zero-order chi connectivity index (χ0) is 36.0. The summed E-state index contributed by atoms with van der Waals surface area (Å²) in [7, 11) is 0. The molecule has 7 rings (SSSR count). The van der Waals surface area contributed by atoms with E-state index in [1.165, 1.54) is 16.8 Å². The van der Waals surface area contributed by atoms with E-state index >= 15 is 0 Å². The van der Waals surface area contributed by atoms with Crippen LogP contribution in [0.3, 0.4) is 0 Å². The Morgan fingerprint density at radius 2 is 1.86 bits per heavy atom. The number of hydrogen-bond acceptors (Lipinski definition) is 9. The lowest BCUT2D eigenvalue weighted by Gasteiger charge is -2.36. The highest BCUT2D eigenvalue weighted by molar-refractivity contribution is 6.33. The molecule has 4 aromatic heterocycles. The number of aromatic hydroxyl groups is 1. The average molecular weight is 726 g/mol. The summed E-state index contributed by atoms with van der Waals surface area (Å²) in [6.45, 7) is 3.15. The van der Waals surface area contributed by atoms with Gasteiger partial charge >= 0.3 is 6.18 Å². The standard InChI is InChI=1S/C33H31ClF3N9O5/c1-2-24-27(42-11-13-43(14-12-42)30(49)28-25(47)6-4-21-7-10-38-45(21)28)31(50)46-32(40-29(41-46)19-8-15-51-16-9-19)44(24)18-26(48)39-23-5-3-20(17-22(23)34)33(35,36)37/h3-8,10,17,47H,2,9,11-16,18H2,1H3,(H,39,48). The van der Waals surface area contributed by atoms with E-state index in [1.54, 1.807) is 21.6 Å². The number of ether oxygens (including phenoxy) is 1. The predicted molar refractivity (Wildman–Crippen MR) is 180 cm³/mol. The quantitative estimate of drug-likeness (QED) is 0.255. The molecule has 2 N–H and O–H groups in total. The van der Waals surface area contributed by atoms with Crippen LogP contribution in [0, 0.1) is 0 Å². The molecule has 51 heavy (non-hydrogen) atoms. The monoisotopic (exact) mass is 725 g/mol. The summed E-state index contributed by atoms with van der Waals surface area (Å²) >= 11 is 6.12. The molecular formula is C33H31ClF3N9O5. The van der Waals surface area contributed by atoms with Crippen LogP contribution in [0.1, 0.15) is 40.9 Å². The van der Waals surface area contributed by atoms with E-state index in [-0.39, 0.29) is 66.3 Å². The smallest absolute Gasteiger partial charge is 0.416 e. The first-order chi connectivity index (χ1) is 24.4. The molecule has 0 atom stereocenters. The molecule has 0 bridgehead atoms. The summed E-state index contributed by atoms with van der Waals surface area (Å²) in [5.41, 5.74) is 0.753. The van der Waals surface area contributed by atoms with Crippen LogP contribution in [0.4, 0.5) is 24.5 Å². The number of nitrogens with zero attached hydrogens (tertiary/aromatic N) is 8. The van der Waals surface area contributed by atoms with Crippen LogP contribution >= 0.6 is 11.6 Å². The third-order valence-electron chi connectivity index (χ3n) is 8.91. The second kappa shape index (κ2) is 13.4. The second-order valence-electron chi connectivity index (χ2n) is 12.0. The molecule has 0 saturated carbocycles. The Labute approximate surface area is 292 Å². The van der Waals surface area contributed by atoms with Gasteiger partial charge in [0.05, 0.1) is 46.9 Å². The lowest BCUT2D eigenvalue weighted by molar-refractivity contribution is -0.137. The van der Waals surface area contributed by atoms with Crippen LogP contribution in [0.2, 0.25) is 5.02 Å². The van der Waals surface area contributed by atoms with Gasteiger partial charge in [0.15, 0.2) is 11.5 Å². The van der Waals surface area contributed by atoms with Crippen molar-refractivity contribution in [2.24, 2.45) is 0 Å². The number of carbonyl (C=O) groups is 2. The molecule has 2 aliphatic rings. The molecule has 0 radical (unpaired) electrons. The van der Waals surface area contributed by atoms with Crippen LogP contribution in [0.15, 0.2) is 53.5 Å². The van der Waals surface area contributed by atoms with Crippen LogP contribution in [0.5, 0.6) is 5.75 Å². The fraction of sp³-hybridized carbons (Fsp3) is 0.333. The largest absolute Gasteiger partial charge is 0.505 e. The number of rotatable bonds is 7. The lowest BCUT2D eigenvalue weighted by Crippen LogP contribution is -2.51. The van der Waals surface area contributed by atoms with Crippen molar-refractivity contribution in [3.8, 4) is 5.75 Å². The molecule has 0 spiro atoms. The Bertz CT molecular complexity index is 2270. The number of benzene rings is 1. The van der Waals surface area contributed by atoms with Crippen LogP contribution in [-0.2, 0) is 28.7 Å². The Kier molecular flexibility index (Phi) is 8.93. The topological polar surface area (TPSA) is 152 Å². The van der Waals surface area contributed by atoms with Gasteiger partial charge in [-0.25, -0.2) is 4.52 Å². The highest BCUT2D eigenvalue weighted by Crippen LogP contribution is 2.34. The number of hydrogen-bond donors (Lipinski definition) is 2. The first-order valence-electron chi connectivity index (χ1n) is 16.1. The van der Waals surface area contributed by atoms with Gasteiger partial charge in [0.1, 0.15) is 18.0 Å². The van der Waals surface area contributed by atoms with Gasteiger partial charge in [0.2, 0.25) is 11.7 Å². The number of piperazine rings is 1. The molecule has 18 heteroatoms. The Balaban J connectivity index is 1.22. The van der Waals surface area contributed by atoms with Crippen molar-refractivity contribution in [2.45, 2.75) is 32.5 Å². The zero-order valence-corrected chi connectivity index (χ0v) is 27.9. The number of halogens is 4. The van der Waals surface area contributed by atoms with Gasteiger partial charge in [-0.3, -0.25) is 14.4 Å². The van der Waals surface area contributed by atoms with Crippen molar-refractivity contribution in [1.29, 1.82) is 0 Å². The van der Waals surface area contributed by atoms with E-state index in [0.717, 1.165) is 28.3 Å². The maximum absolute atomic E-state index is 14.2. The summed E-state index contributed by atoms with van der Waals surface area (Å²) < 4.78 is 49.1. The van der Waals surface area contributed by atoms with E-state index in [2.05, 4.69) is 20.5 Å². The van der Waals surface area contributed by atoms with Crippen molar-refractivity contribution < 1.29 is 32.6 Å². The van der Waals surface area contributed by atoms with Crippen molar-refractivity contribution in [1.82, 2.24) is 33.7 Å². The number of pyridine rings is 1. The minimum atomic E-state index is -4.61. The first kappa shape index (κ1) is 34.0. The molecule has 2 aliphatic heterocycles. The van der Waals surface area contributed by atoms with Crippen LogP contribution < -0.4 is 15.8 Å². The number of carbonyl (C=O) groups excluding carboxylic acids is 2. The van der Waals surface area contributed by atoms with Gasteiger partial charge in [-0.05, 0) is 54.8 Å². The third kappa shape index (κ3) is 6.38. The number of anilines is 2. The second-order valence-corrected chi connectivity index (χ2v) is 12.4. The van der Waals surface area contributed by atoms with Gasteiger partial charge < -0.3 is 29.5 Å². The fourth-order valence-electron chi connectivity index (χ4n) is 6.38. The molecule has 1 fully saturated rings. The molecule has 14 nitrogen and oxygen atoms in total. The minimum Gasteiger partial charge on any atom is -0.505 e. The number of alkyl halides is 3. The summed E-state index contributed by atoms with van der Waals surface area (Å²) in [5, 5.41) is 21.5. The molecule has 0 unspecified atom stereocenters. The van der Waals surface area contributed by atoms with E-state index in [0.29, 0.717) is 43.1 Å². The summed E-state index contributed by atoms with van der Waals surface area (Å²) in [5.74, 6) is -0.849. The molecule has 0 aliphatic carbocycles. The molecular weight excluding hydrogens is 695 g/mol. The maximum Gasteiger partial charge on any atom is 0.416 e. The fourth-order valence-corrected chi connectivity index (χ4v) is 6.61. The maximum atomic E-state index is 14.2. The van der Waals surface area contributed by atoms with Crippen LogP contribution in [-0.4, -0.2) is 90.0 Å². The van der Waals surface area contributed by atoms with Gasteiger partial charge in [-0.15, -0.1) is 5.10 Å². The van der Waals surface area contributed by atoms with E-state index in [9.17, 15) is 32.7 Å². The predicted octanol–water partition coefficient (Wildman–Crippen LogP) is 3.88. The zero-order valence-electron chi connectivity index (χ0n) is 27.2. The SMILES string of the molecule is CCc1c(N2CCN(C(=O)c3c(O)ccc4ccnn34)CC2)c(=O)n2nc(C3=CCOCC3)nc2n1CC(=O)Nc1ccc(C(F)(F)F)cc1Cl. The Hall–Kier alpha value is -5.42. The molecule has 6 heterocycles. The van der Waals surface area contributed by atoms with Gasteiger partial charge in [0.25, 0.3) is 11.5 Å². The van der Waals surface area contributed by atoms with Gasteiger partial charge in [-0.1, -0.05) is 24.6 Å². The third-order valence-corrected chi connectivity index (χ3v) is 9.22. The van der Waals surface area contributed by atoms with Gasteiger partial charge in [0, 0.05) is 26.2 Å². The lowest BCUT2D eigenvalue weighted by atomic mass is 10.1. The van der Waals surface area contributed by atoms with Crippen molar-refractivity contribution in [2.75, 3.05) is 49.6 Å². The van der Waals surface area contributed by atoms with E-state index < -0.39 is 29.1 Å².